The van der Waals surface area contributed by atoms with Crippen LogP contribution in [0.2, 0.25) is 5.02 Å². The summed E-state index contributed by atoms with van der Waals surface area (Å²) < 4.78 is 9.20. The van der Waals surface area contributed by atoms with Crippen molar-refractivity contribution < 1.29 is 23.9 Å². The molecule has 7 nitrogen and oxygen atoms in total. The van der Waals surface area contributed by atoms with Crippen LogP contribution in [-0.2, 0) is 14.3 Å². The van der Waals surface area contributed by atoms with Crippen molar-refractivity contribution >= 4 is 35.3 Å². The number of amides is 2. The Bertz CT molecular complexity index is 533. The summed E-state index contributed by atoms with van der Waals surface area (Å²) >= 11 is 5.69. The number of anilines is 1. The quantitative estimate of drug-likeness (QED) is 0.642. The fraction of sp³-hybridized carbons (Fsp3) is 0.250. The lowest BCUT2D eigenvalue weighted by Crippen LogP contribution is -2.34. The van der Waals surface area contributed by atoms with Crippen LogP contribution in [-0.4, -0.2) is 31.2 Å². The summed E-state index contributed by atoms with van der Waals surface area (Å²) in [6, 6.07) is 4.23. The Labute approximate surface area is 120 Å². The van der Waals surface area contributed by atoms with Crippen molar-refractivity contribution in [2.45, 2.75) is 6.92 Å². The molecule has 20 heavy (non-hydrogen) atoms. The average Bonchev–Trinajstić information content (AvgIpc) is 2.36. The predicted octanol–water partition coefficient (Wildman–Crippen LogP) is 1.35. The van der Waals surface area contributed by atoms with Crippen molar-refractivity contribution in [3.63, 3.8) is 0 Å². The molecule has 0 spiro atoms. The zero-order valence-corrected chi connectivity index (χ0v) is 11.4. The monoisotopic (exact) mass is 300 g/mol. The summed E-state index contributed by atoms with van der Waals surface area (Å²) in [5.74, 6) is -1.59. The number of nitrogens with two attached hydrogens (primary N) is 1. The minimum atomic E-state index is -0.903. The van der Waals surface area contributed by atoms with E-state index in [-0.39, 0.29) is 17.9 Å². The molecule has 0 aliphatic carbocycles. The van der Waals surface area contributed by atoms with Gasteiger partial charge < -0.3 is 15.2 Å². The van der Waals surface area contributed by atoms with E-state index in [2.05, 4.69) is 4.74 Å². The Kier molecular flexibility index (Phi) is 5.79. The number of hydrogen-bond donors (Lipinski definition) is 2. The molecule has 0 atom stereocenters. The fourth-order valence-electron chi connectivity index (χ4n) is 1.25. The van der Waals surface area contributed by atoms with Crippen LogP contribution < -0.4 is 11.1 Å². The normalized spacial score (nSPS) is 9.70. The van der Waals surface area contributed by atoms with Gasteiger partial charge in [-0.2, -0.15) is 0 Å². The maximum atomic E-state index is 11.7. The highest BCUT2D eigenvalue weighted by atomic mass is 35.5. The average molecular weight is 301 g/mol. The number of carbonyl (C=O) groups excluding carboxylic acids is 3. The van der Waals surface area contributed by atoms with Crippen molar-refractivity contribution in [1.82, 2.24) is 5.32 Å². The third-order valence-corrected chi connectivity index (χ3v) is 2.32. The predicted molar refractivity (Wildman–Crippen MR) is 71.3 cm³/mol. The Hall–Kier alpha value is -2.28. The molecule has 0 aromatic heterocycles. The minimum absolute atomic E-state index is 0.0818. The zero-order valence-electron chi connectivity index (χ0n) is 10.6. The highest BCUT2D eigenvalue weighted by molar-refractivity contribution is 6.31. The molecule has 3 N–H and O–H groups in total. The van der Waals surface area contributed by atoms with Crippen LogP contribution in [0.15, 0.2) is 18.2 Å². The molecule has 0 aliphatic heterocycles. The number of esters is 1. The maximum Gasteiger partial charge on any atom is 0.413 e. The lowest BCUT2D eigenvalue weighted by atomic mass is 10.2. The van der Waals surface area contributed by atoms with Gasteiger partial charge in [-0.25, -0.2) is 9.59 Å². The highest BCUT2D eigenvalue weighted by Gasteiger charge is 2.15. The Morgan fingerprint density at radius 3 is 2.60 bits per heavy atom. The van der Waals surface area contributed by atoms with Crippen LogP contribution >= 0.6 is 11.6 Å². The summed E-state index contributed by atoms with van der Waals surface area (Å²) in [6.45, 7) is 1.09. The van der Waals surface area contributed by atoms with Gasteiger partial charge in [0.15, 0.2) is 6.61 Å². The number of rotatable bonds is 4. The molecule has 1 rings (SSSR count). The van der Waals surface area contributed by atoms with Gasteiger partial charge in [-0.1, -0.05) is 11.6 Å². The van der Waals surface area contributed by atoms with Gasteiger partial charge in [-0.15, -0.1) is 0 Å². The number of hydrogen-bond acceptors (Lipinski definition) is 6. The highest BCUT2D eigenvalue weighted by Crippen LogP contribution is 2.18. The summed E-state index contributed by atoms with van der Waals surface area (Å²) in [5, 5.41) is 2.26. The first-order valence-corrected chi connectivity index (χ1v) is 6.00. The van der Waals surface area contributed by atoms with Crippen LogP contribution in [0.25, 0.3) is 0 Å². The molecule has 0 saturated heterocycles. The van der Waals surface area contributed by atoms with Crippen LogP contribution in [0.4, 0.5) is 10.5 Å². The number of halogens is 1. The fourth-order valence-corrected chi connectivity index (χ4v) is 1.43. The molecule has 0 fully saturated rings. The van der Waals surface area contributed by atoms with Gasteiger partial charge in [0.2, 0.25) is 0 Å². The summed E-state index contributed by atoms with van der Waals surface area (Å²) in [5.41, 5.74) is 5.80. The molecule has 0 unspecified atom stereocenters. The number of nitrogens with one attached hydrogen (secondary N) is 1. The molecule has 1 aromatic carbocycles. The molecule has 0 radical (unpaired) electrons. The van der Waals surface area contributed by atoms with Crippen LogP contribution in [0.5, 0.6) is 0 Å². The standard InChI is InChI=1S/C12H13ClN2O5/c1-2-19-12(18)15-10(16)6-20-11(17)8-4-3-7(13)5-9(8)14/h3-5H,2,6,14H2,1H3,(H,15,16,18). The van der Waals surface area contributed by atoms with Crippen LogP contribution in [0, 0.1) is 0 Å². The lowest BCUT2D eigenvalue weighted by molar-refractivity contribution is -0.123. The van der Waals surface area contributed by atoms with Crippen molar-refractivity contribution in [1.29, 1.82) is 0 Å². The first kappa shape index (κ1) is 15.8. The summed E-state index contributed by atoms with van der Waals surface area (Å²) in [6.07, 6.45) is -0.903. The second-order valence-electron chi connectivity index (χ2n) is 3.58. The zero-order chi connectivity index (χ0) is 15.1. The van der Waals surface area contributed by atoms with E-state index in [4.69, 9.17) is 22.1 Å². The molecular weight excluding hydrogens is 288 g/mol. The van der Waals surface area contributed by atoms with Gasteiger partial charge in [-0.3, -0.25) is 10.1 Å². The van der Waals surface area contributed by atoms with E-state index < -0.39 is 24.6 Å². The minimum Gasteiger partial charge on any atom is -0.452 e. The number of carbonyl (C=O) groups is 3. The van der Waals surface area contributed by atoms with E-state index in [1.165, 1.54) is 18.2 Å². The van der Waals surface area contributed by atoms with Gasteiger partial charge in [0.1, 0.15) is 0 Å². The van der Waals surface area contributed by atoms with Gasteiger partial charge in [-0.05, 0) is 25.1 Å². The Morgan fingerprint density at radius 1 is 1.30 bits per heavy atom. The molecule has 2 amide bonds. The Morgan fingerprint density at radius 2 is 2.00 bits per heavy atom. The van der Waals surface area contributed by atoms with Gasteiger partial charge in [0.05, 0.1) is 12.2 Å². The number of benzene rings is 1. The molecular formula is C12H13ClN2O5. The Balaban J connectivity index is 2.51. The molecule has 0 saturated carbocycles. The van der Waals surface area contributed by atoms with Crippen LogP contribution in [0.1, 0.15) is 17.3 Å². The van der Waals surface area contributed by atoms with E-state index in [1.807, 2.05) is 5.32 Å². The largest absolute Gasteiger partial charge is 0.452 e. The van der Waals surface area contributed by atoms with E-state index in [0.29, 0.717) is 5.02 Å². The molecule has 0 bridgehead atoms. The van der Waals surface area contributed by atoms with Crippen molar-refractivity contribution in [3.8, 4) is 0 Å². The van der Waals surface area contributed by atoms with Crippen molar-refractivity contribution in [3.05, 3.63) is 28.8 Å². The molecule has 0 aliphatic rings. The van der Waals surface area contributed by atoms with Gasteiger partial charge in [0.25, 0.3) is 5.91 Å². The summed E-state index contributed by atoms with van der Waals surface area (Å²) in [7, 11) is 0. The number of ether oxygens (including phenoxy) is 2. The van der Waals surface area contributed by atoms with Gasteiger partial charge in [0, 0.05) is 10.7 Å². The molecule has 8 heteroatoms. The smallest absolute Gasteiger partial charge is 0.413 e. The second kappa shape index (κ2) is 7.34. The second-order valence-corrected chi connectivity index (χ2v) is 4.01. The van der Waals surface area contributed by atoms with Crippen molar-refractivity contribution in [2.75, 3.05) is 18.9 Å². The molecule has 1 aromatic rings. The first-order valence-electron chi connectivity index (χ1n) is 5.62. The number of imide groups is 1. The maximum absolute atomic E-state index is 11.7. The SMILES string of the molecule is CCOC(=O)NC(=O)COC(=O)c1ccc(Cl)cc1N. The third-order valence-electron chi connectivity index (χ3n) is 2.08. The first-order chi connectivity index (χ1) is 9.43. The number of nitrogen functional groups attached to an aromatic ring is 1. The van der Waals surface area contributed by atoms with E-state index in [9.17, 15) is 14.4 Å². The van der Waals surface area contributed by atoms with E-state index >= 15 is 0 Å². The van der Waals surface area contributed by atoms with E-state index in [0.717, 1.165) is 0 Å². The topological polar surface area (TPSA) is 108 Å². The van der Waals surface area contributed by atoms with Gasteiger partial charge >= 0.3 is 12.1 Å². The summed E-state index contributed by atoms with van der Waals surface area (Å²) in [4.78, 5) is 33.8. The number of alkyl carbamates (subject to hydrolysis) is 1. The third kappa shape index (κ3) is 4.77. The lowest BCUT2D eigenvalue weighted by Gasteiger charge is -2.07. The molecule has 108 valence electrons. The van der Waals surface area contributed by atoms with Crippen molar-refractivity contribution in [2.24, 2.45) is 0 Å². The molecule has 0 heterocycles. The van der Waals surface area contributed by atoms with Crippen LogP contribution in [0.3, 0.4) is 0 Å². The van der Waals surface area contributed by atoms with E-state index in [1.54, 1.807) is 6.92 Å².